The van der Waals surface area contributed by atoms with Crippen molar-refractivity contribution in [2.75, 3.05) is 6.54 Å². The highest BCUT2D eigenvalue weighted by atomic mass is 32.2. The minimum atomic E-state index is -4.48. The van der Waals surface area contributed by atoms with Gasteiger partial charge in [-0.2, -0.15) is 0 Å². The summed E-state index contributed by atoms with van der Waals surface area (Å²) in [5.74, 6) is -2.98. The summed E-state index contributed by atoms with van der Waals surface area (Å²) in [5, 5.41) is 2.77. The number of hydrogen-bond acceptors (Lipinski definition) is 3. The van der Waals surface area contributed by atoms with Crippen LogP contribution in [-0.4, -0.2) is 20.9 Å². The maximum atomic E-state index is 13.6. The summed E-state index contributed by atoms with van der Waals surface area (Å²) in [6.07, 6.45) is 2.59. The zero-order valence-electron chi connectivity index (χ0n) is 13.8. The third-order valence-electron chi connectivity index (χ3n) is 4.32. The summed E-state index contributed by atoms with van der Waals surface area (Å²) in [6, 6.07) is 10.3. The summed E-state index contributed by atoms with van der Waals surface area (Å²) >= 11 is 0. The Hall–Kier alpha value is -2.32. The summed E-state index contributed by atoms with van der Waals surface area (Å²) < 4.78 is 53.4. The van der Waals surface area contributed by atoms with E-state index in [4.69, 9.17) is 0 Å². The van der Waals surface area contributed by atoms with Gasteiger partial charge in [0.1, 0.15) is 11.6 Å². The van der Waals surface area contributed by atoms with Gasteiger partial charge in [0.25, 0.3) is 0 Å². The van der Waals surface area contributed by atoms with Crippen LogP contribution < -0.4 is 10.0 Å². The minimum Gasteiger partial charge on any atom is -0.348 e. The average molecular weight is 380 g/mol. The van der Waals surface area contributed by atoms with Crippen molar-refractivity contribution in [1.29, 1.82) is 0 Å². The van der Waals surface area contributed by atoms with E-state index >= 15 is 0 Å². The lowest BCUT2D eigenvalue weighted by atomic mass is 9.88. The first-order valence-electron chi connectivity index (χ1n) is 8.19. The molecule has 3 rings (SSSR count). The van der Waals surface area contributed by atoms with E-state index < -0.39 is 39.0 Å². The van der Waals surface area contributed by atoms with Gasteiger partial charge < -0.3 is 5.32 Å². The largest absolute Gasteiger partial charge is 0.348 e. The average Bonchev–Trinajstić information content (AvgIpc) is 2.60. The van der Waals surface area contributed by atoms with Gasteiger partial charge in [-0.25, -0.2) is 21.9 Å². The molecule has 0 spiro atoms. The third kappa shape index (κ3) is 3.91. The summed E-state index contributed by atoms with van der Waals surface area (Å²) in [5.41, 5.74) is 2.16. The molecule has 1 aliphatic carbocycles. The Labute approximate surface area is 150 Å². The lowest BCUT2D eigenvalue weighted by molar-refractivity contribution is -0.120. The van der Waals surface area contributed by atoms with Crippen LogP contribution in [0.25, 0.3) is 0 Å². The quantitative estimate of drug-likeness (QED) is 0.837. The first kappa shape index (κ1) is 18.5. The second kappa shape index (κ2) is 7.51. The number of fused-ring (bicyclic) bond motifs is 1. The highest BCUT2D eigenvalue weighted by Crippen LogP contribution is 2.29. The molecule has 1 atom stereocenters. The van der Waals surface area contributed by atoms with E-state index in [1.165, 1.54) is 0 Å². The van der Waals surface area contributed by atoms with E-state index in [1.807, 2.05) is 29.0 Å². The van der Waals surface area contributed by atoms with E-state index in [-0.39, 0.29) is 6.04 Å². The lowest BCUT2D eigenvalue weighted by Crippen LogP contribution is -2.39. The molecule has 0 heterocycles. The highest BCUT2D eigenvalue weighted by molar-refractivity contribution is 7.89. The number of aryl methyl sites for hydroxylation is 1. The zero-order valence-corrected chi connectivity index (χ0v) is 14.7. The van der Waals surface area contributed by atoms with Crippen molar-refractivity contribution in [1.82, 2.24) is 10.0 Å². The van der Waals surface area contributed by atoms with Gasteiger partial charge in [0.15, 0.2) is 4.90 Å². The molecule has 5 nitrogen and oxygen atoms in total. The van der Waals surface area contributed by atoms with Gasteiger partial charge in [-0.15, -0.1) is 0 Å². The number of carbonyl (C=O) groups is 1. The number of benzene rings is 2. The maximum Gasteiger partial charge on any atom is 0.246 e. The monoisotopic (exact) mass is 380 g/mol. The first-order valence-corrected chi connectivity index (χ1v) is 9.67. The molecule has 0 bridgehead atoms. The summed E-state index contributed by atoms with van der Waals surface area (Å²) in [6.45, 7) is -0.602. The predicted octanol–water partition coefficient (Wildman–Crippen LogP) is 2.44. The van der Waals surface area contributed by atoms with Crippen molar-refractivity contribution < 1.29 is 22.0 Å². The fourth-order valence-electron chi connectivity index (χ4n) is 3.12. The molecule has 0 aromatic heterocycles. The second-order valence-electron chi connectivity index (χ2n) is 6.09. The Kier molecular flexibility index (Phi) is 5.33. The maximum absolute atomic E-state index is 13.6. The van der Waals surface area contributed by atoms with E-state index in [1.54, 1.807) is 0 Å². The molecule has 2 aromatic rings. The van der Waals surface area contributed by atoms with E-state index in [9.17, 15) is 22.0 Å². The topological polar surface area (TPSA) is 75.3 Å². The standard InChI is InChI=1S/C18H18F2N2O3S/c19-14-8-4-9-15(20)18(14)26(24,25)21-11-17(23)22-16-10-3-6-12-5-1-2-7-13(12)16/h1-2,4-5,7-9,16,21H,3,6,10-11H2,(H,22,23)/t16-/m1/s1. The number of hydrogen-bond donors (Lipinski definition) is 2. The van der Waals surface area contributed by atoms with Gasteiger partial charge in [0.05, 0.1) is 12.6 Å². The van der Waals surface area contributed by atoms with Crippen LogP contribution in [0.5, 0.6) is 0 Å². The molecule has 26 heavy (non-hydrogen) atoms. The highest BCUT2D eigenvalue weighted by Gasteiger charge is 2.26. The Morgan fingerprint density at radius 1 is 1.08 bits per heavy atom. The summed E-state index contributed by atoms with van der Waals surface area (Å²) in [7, 11) is -4.48. The smallest absolute Gasteiger partial charge is 0.246 e. The van der Waals surface area contributed by atoms with Crippen molar-refractivity contribution in [3.05, 3.63) is 65.2 Å². The van der Waals surface area contributed by atoms with Crippen molar-refractivity contribution in [3.63, 3.8) is 0 Å². The number of amides is 1. The van der Waals surface area contributed by atoms with Crippen LogP contribution in [0.15, 0.2) is 47.4 Å². The Bertz CT molecular complexity index is 912. The van der Waals surface area contributed by atoms with Crippen molar-refractivity contribution in [3.8, 4) is 0 Å². The third-order valence-corrected chi connectivity index (χ3v) is 5.77. The molecule has 2 N–H and O–H groups in total. The molecule has 0 aliphatic heterocycles. The molecule has 0 fully saturated rings. The van der Waals surface area contributed by atoms with Crippen LogP contribution in [0.1, 0.15) is 30.0 Å². The molecular formula is C18H18F2N2O3S. The molecule has 1 aliphatic rings. The normalized spacial score (nSPS) is 16.8. The molecule has 8 heteroatoms. The Morgan fingerprint density at radius 3 is 2.50 bits per heavy atom. The molecule has 2 aromatic carbocycles. The fraction of sp³-hybridized carbons (Fsp3) is 0.278. The molecule has 138 valence electrons. The molecule has 1 amide bonds. The molecule has 0 saturated carbocycles. The first-order chi connectivity index (χ1) is 12.4. The van der Waals surface area contributed by atoms with Crippen molar-refractivity contribution in [2.45, 2.75) is 30.2 Å². The minimum absolute atomic E-state index is 0.206. The number of halogens is 2. The fourth-order valence-corrected chi connectivity index (χ4v) is 4.24. The lowest BCUT2D eigenvalue weighted by Gasteiger charge is -2.26. The van der Waals surface area contributed by atoms with Crippen LogP contribution in [-0.2, 0) is 21.2 Å². The number of nitrogens with one attached hydrogen (secondary N) is 2. The van der Waals surface area contributed by atoms with E-state index in [0.717, 1.165) is 48.6 Å². The van der Waals surface area contributed by atoms with Gasteiger partial charge in [0, 0.05) is 0 Å². The molecule has 0 saturated heterocycles. The molecule has 0 radical (unpaired) electrons. The van der Waals surface area contributed by atoms with Crippen LogP contribution in [0, 0.1) is 11.6 Å². The Balaban J connectivity index is 1.67. The number of rotatable bonds is 5. The summed E-state index contributed by atoms with van der Waals surface area (Å²) in [4.78, 5) is 11.1. The second-order valence-corrected chi connectivity index (χ2v) is 7.79. The van der Waals surface area contributed by atoms with Gasteiger partial charge in [-0.05, 0) is 42.5 Å². The van der Waals surface area contributed by atoms with Crippen LogP contribution >= 0.6 is 0 Å². The number of sulfonamides is 1. The zero-order chi connectivity index (χ0) is 18.7. The van der Waals surface area contributed by atoms with E-state index in [2.05, 4.69) is 5.32 Å². The SMILES string of the molecule is O=C(CNS(=O)(=O)c1c(F)cccc1F)N[C@@H]1CCCc2ccccc21. The molecule has 0 unspecified atom stereocenters. The van der Waals surface area contributed by atoms with Crippen LogP contribution in [0.3, 0.4) is 0 Å². The Morgan fingerprint density at radius 2 is 1.77 bits per heavy atom. The van der Waals surface area contributed by atoms with Crippen molar-refractivity contribution >= 4 is 15.9 Å². The van der Waals surface area contributed by atoms with E-state index in [0.29, 0.717) is 0 Å². The van der Waals surface area contributed by atoms with Gasteiger partial charge in [-0.3, -0.25) is 4.79 Å². The van der Waals surface area contributed by atoms with Crippen molar-refractivity contribution in [2.24, 2.45) is 0 Å². The van der Waals surface area contributed by atoms with Gasteiger partial charge in [0.2, 0.25) is 15.9 Å². The van der Waals surface area contributed by atoms with Gasteiger partial charge >= 0.3 is 0 Å². The van der Waals surface area contributed by atoms with Crippen LogP contribution in [0.2, 0.25) is 0 Å². The van der Waals surface area contributed by atoms with Crippen LogP contribution in [0.4, 0.5) is 8.78 Å². The van der Waals surface area contributed by atoms with Gasteiger partial charge in [-0.1, -0.05) is 30.3 Å². The predicted molar refractivity (Wildman–Crippen MR) is 91.8 cm³/mol. The number of carbonyl (C=O) groups excluding carboxylic acids is 1. The molecular weight excluding hydrogens is 362 g/mol.